The van der Waals surface area contributed by atoms with E-state index in [2.05, 4.69) is 5.92 Å². The highest BCUT2D eigenvalue weighted by Crippen LogP contribution is 2.14. The van der Waals surface area contributed by atoms with Crippen molar-refractivity contribution >= 4 is 5.91 Å². The molecule has 1 N–H and O–H groups in total. The predicted octanol–water partition coefficient (Wildman–Crippen LogP) is 2.25. The molecule has 0 aliphatic heterocycles. The summed E-state index contributed by atoms with van der Waals surface area (Å²) in [5.41, 5.74) is 0. The zero-order chi connectivity index (χ0) is 11.7. The Hall–Kier alpha value is -1.18. The molecule has 0 aromatic rings. The predicted molar refractivity (Wildman–Crippen MR) is 51.0 cm³/mol. The van der Waals surface area contributed by atoms with Gasteiger partial charge in [-0.25, -0.2) is 0 Å². The van der Waals surface area contributed by atoms with Gasteiger partial charge in [-0.05, 0) is 12.8 Å². The van der Waals surface area contributed by atoms with Crippen LogP contribution in [-0.4, -0.2) is 18.6 Å². The lowest BCUT2D eigenvalue weighted by atomic mass is 10.1. The number of carbonyl (C=O) groups is 1. The van der Waals surface area contributed by atoms with Gasteiger partial charge in [0.25, 0.3) is 0 Å². The van der Waals surface area contributed by atoms with Crippen molar-refractivity contribution in [2.24, 2.45) is 0 Å². The van der Waals surface area contributed by atoms with E-state index in [4.69, 9.17) is 6.42 Å². The monoisotopic (exact) mass is 221 g/mol. The lowest BCUT2D eigenvalue weighted by Crippen LogP contribution is -2.37. The Bertz CT molecular complexity index is 230. The maximum absolute atomic E-state index is 11.7. The lowest BCUT2D eigenvalue weighted by molar-refractivity contribution is -0.173. The number of nitrogens with one attached hydrogen (secondary N) is 1. The molecule has 0 bridgehead atoms. The van der Waals surface area contributed by atoms with Gasteiger partial charge in [0, 0.05) is 13.0 Å². The van der Waals surface area contributed by atoms with Crippen LogP contribution in [0.15, 0.2) is 0 Å². The molecule has 0 aromatic heterocycles. The fourth-order valence-corrected chi connectivity index (χ4v) is 1.01. The molecule has 2 nitrogen and oxygen atoms in total. The normalized spacial score (nSPS) is 10.8. The van der Waals surface area contributed by atoms with Crippen LogP contribution in [-0.2, 0) is 4.79 Å². The summed E-state index contributed by atoms with van der Waals surface area (Å²) in [6.45, 7) is 0.0639. The minimum atomic E-state index is -4.77. The van der Waals surface area contributed by atoms with Crippen LogP contribution in [0.1, 0.15) is 32.1 Å². The zero-order valence-electron chi connectivity index (χ0n) is 8.36. The Balaban J connectivity index is 3.33. The summed E-state index contributed by atoms with van der Waals surface area (Å²) in [4.78, 5) is 10.3. The van der Waals surface area contributed by atoms with Crippen LogP contribution in [0.25, 0.3) is 0 Å². The average Bonchev–Trinajstić information content (AvgIpc) is 2.14. The lowest BCUT2D eigenvalue weighted by Gasteiger charge is -2.07. The number of rotatable bonds is 6. The highest BCUT2D eigenvalue weighted by Gasteiger charge is 2.37. The molecule has 86 valence electrons. The standard InChI is InChI=1S/C10H14F3NO/c1-2-3-4-5-6-7-8-14-9(15)10(11,12)13/h1H,3-8H2,(H,14,15). The second kappa shape index (κ2) is 7.16. The summed E-state index contributed by atoms with van der Waals surface area (Å²) in [5, 5.41) is 1.81. The van der Waals surface area contributed by atoms with Gasteiger partial charge in [-0.15, -0.1) is 12.3 Å². The SMILES string of the molecule is C#CCCCCCCNC(=O)C(F)(F)F. The summed E-state index contributed by atoms with van der Waals surface area (Å²) in [6, 6.07) is 0. The molecule has 0 aliphatic rings. The Morgan fingerprint density at radius 1 is 1.20 bits per heavy atom. The number of halogens is 3. The number of alkyl halides is 3. The van der Waals surface area contributed by atoms with Crippen molar-refractivity contribution in [1.82, 2.24) is 5.32 Å². The Kier molecular flexibility index (Phi) is 6.59. The molecule has 15 heavy (non-hydrogen) atoms. The molecule has 0 heterocycles. The van der Waals surface area contributed by atoms with Gasteiger partial charge in [-0.3, -0.25) is 4.79 Å². The molecule has 0 aliphatic carbocycles. The third-order valence-electron chi connectivity index (χ3n) is 1.79. The molecule has 0 fully saturated rings. The van der Waals surface area contributed by atoms with Crippen molar-refractivity contribution < 1.29 is 18.0 Å². The molecule has 0 atom stereocenters. The van der Waals surface area contributed by atoms with Gasteiger partial charge in [0.05, 0.1) is 0 Å². The van der Waals surface area contributed by atoms with Gasteiger partial charge in [-0.2, -0.15) is 13.2 Å². The maximum atomic E-state index is 11.7. The molecule has 0 saturated heterocycles. The van der Waals surface area contributed by atoms with Crippen molar-refractivity contribution in [2.45, 2.75) is 38.3 Å². The van der Waals surface area contributed by atoms with Crippen LogP contribution in [0.4, 0.5) is 13.2 Å². The van der Waals surface area contributed by atoms with E-state index in [0.717, 1.165) is 19.3 Å². The number of unbranched alkanes of at least 4 members (excludes halogenated alkanes) is 4. The number of hydrogen-bond acceptors (Lipinski definition) is 1. The number of amides is 1. The Labute approximate surface area is 87.2 Å². The van der Waals surface area contributed by atoms with Crippen LogP contribution in [0.2, 0.25) is 0 Å². The topological polar surface area (TPSA) is 29.1 Å². The zero-order valence-corrected chi connectivity index (χ0v) is 8.36. The molecule has 0 radical (unpaired) electrons. The molecule has 0 unspecified atom stereocenters. The fourth-order valence-electron chi connectivity index (χ4n) is 1.01. The molecular formula is C10H14F3NO. The minimum Gasteiger partial charge on any atom is -0.348 e. The molecule has 1 amide bonds. The van der Waals surface area contributed by atoms with E-state index in [1.54, 1.807) is 0 Å². The highest BCUT2D eigenvalue weighted by atomic mass is 19.4. The Morgan fingerprint density at radius 2 is 1.80 bits per heavy atom. The third-order valence-corrected chi connectivity index (χ3v) is 1.79. The van der Waals surface area contributed by atoms with Gasteiger partial charge < -0.3 is 5.32 Å². The second-order valence-electron chi connectivity index (χ2n) is 3.12. The first-order chi connectivity index (χ1) is 6.98. The van der Waals surface area contributed by atoms with Crippen molar-refractivity contribution in [3.8, 4) is 12.3 Å². The van der Waals surface area contributed by atoms with Crippen LogP contribution in [0.3, 0.4) is 0 Å². The van der Waals surface area contributed by atoms with E-state index in [1.165, 1.54) is 0 Å². The van der Waals surface area contributed by atoms with Crippen LogP contribution in [0.5, 0.6) is 0 Å². The van der Waals surface area contributed by atoms with Crippen molar-refractivity contribution in [3.05, 3.63) is 0 Å². The maximum Gasteiger partial charge on any atom is 0.471 e. The quantitative estimate of drug-likeness (QED) is 0.541. The van der Waals surface area contributed by atoms with Crippen LogP contribution >= 0.6 is 0 Å². The summed E-state index contributed by atoms with van der Waals surface area (Å²) in [7, 11) is 0. The van der Waals surface area contributed by atoms with Crippen LogP contribution in [0, 0.1) is 12.3 Å². The number of terminal acetylenes is 1. The van der Waals surface area contributed by atoms with E-state index in [0.29, 0.717) is 12.8 Å². The summed E-state index contributed by atoms with van der Waals surface area (Å²) in [5.74, 6) is 0.609. The van der Waals surface area contributed by atoms with Crippen molar-refractivity contribution in [3.63, 3.8) is 0 Å². The van der Waals surface area contributed by atoms with E-state index >= 15 is 0 Å². The highest BCUT2D eigenvalue weighted by molar-refractivity contribution is 5.81. The molecular weight excluding hydrogens is 207 g/mol. The first kappa shape index (κ1) is 13.8. The van der Waals surface area contributed by atoms with E-state index in [-0.39, 0.29) is 6.54 Å². The summed E-state index contributed by atoms with van der Waals surface area (Å²) >= 11 is 0. The van der Waals surface area contributed by atoms with Gasteiger partial charge in [-0.1, -0.05) is 12.8 Å². The fraction of sp³-hybridized carbons (Fsp3) is 0.700. The number of carbonyl (C=O) groups excluding carboxylic acids is 1. The van der Waals surface area contributed by atoms with E-state index < -0.39 is 12.1 Å². The van der Waals surface area contributed by atoms with Gasteiger partial charge in [0.1, 0.15) is 0 Å². The molecule has 0 rings (SSSR count). The van der Waals surface area contributed by atoms with Crippen molar-refractivity contribution in [2.75, 3.05) is 6.54 Å². The molecule has 0 spiro atoms. The Morgan fingerprint density at radius 3 is 2.33 bits per heavy atom. The third kappa shape index (κ3) is 7.86. The first-order valence-electron chi connectivity index (χ1n) is 4.77. The van der Waals surface area contributed by atoms with Crippen molar-refractivity contribution in [1.29, 1.82) is 0 Å². The summed E-state index contributed by atoms with van der Waals surface area (Å²) < 4.78 is 35.1. The van der Waals surface area contributed by atoms with Gasteiger partial charge >= 0.3 is 12.1 Å². The smallest absolute Gasteiger partial charge is 0.348 e. The second-order valence-corrected chi connectivity index (χ2v) is 3.12. The molecule has 0 saturated carbocycles. The molecule has 5 heteroatoms. The van der Waals surface area contributed by atoms with Gasteiger partial charge in [0.15, 0.2) is 0 Å². The van der Waals surface area contributed by atoms with E-state index in [1.807, 2.05) is 5.32 Å². The van der Waals surface area contributed by atoms with Crippen LogP contribution < -0.4 is 5.32 Å². The van der Waals surface area contributed by atoms with Gasteiger partial charge in [0.2, 0.25) is 0 Å². The minimum absolute atomic E-state index is 0.0639. The van der Waals surface area contributed by atoms with E-state index in [9.17, 15) is 18.0 Å². The number of hydrogen-bond donors (Lipinski definition) is 1. The summed E-state index contributed by atoms with van der Waals surface area (Å²) in [6.07, 6.45) is 4.03. The molecule has 0 aromatic carbocycles. The first-order valence-corrected chi connectivity index (χ1v) is 4.77. The largest absolute Gasteiger partial charge is 0.471 e. The average molecular weight is 221 g/mol.